The highest BCUT2D eigenvalue weighted by molar-refractivity contribution is 7.92. The number of carbonyl (C=O) groups excluding carboxylic acids is 1. The van der Waals surface area contributed by atoms with Gasteiger partial charge in [-0.2, -0.15) is 5.10 Å². The van der Waals surface area contributed by atoms with Crippen molar-refractivity contribution >= 4 is 33.5 Å². The summed E-state index contributed by atoms with van der Waals surface area (Å²) in [6.45, 7) is 0.834. The van der Waals surface area contributed by atoms with Crippen molar-refractivity contribution in [2.75, 3.05) is 10.8 Å². The van der Waals surface area contributed by atoms with E-state index in [-0.39, 0.29) is 16.3 Å². The van der Waals surface area contributed by atoms with Gasteiger partial charge in [0, 0.05) is 24.7 Å². The highest BCUT2D eigenvalue weighted by atomic mass is 32.2. The molecule has 0 saturated heterocycles. The van der Waals surface area contributed by atoms with E-state index in [1.54, 1.807) is 56.4 Å². The molecule has 0 aliphatic rings. The Bertz CT molecular complexity index is 1710. The summed E-state index contributed by atoms with van der Waals surface area (Å²) in [7, 11) is -2.74. The van der Waals surface area contributed by atoms with Gasteiger partial charge in [-0.1, -0.05) is 48.5 Å². The zero-order valence-electron chi connectivity index (χ0n) is 21.0. The Labute approximate surface area is 223 Å². The second kappa shape index (κ2) is 11.1. The fraction of sp³-hybridized carbons (Fsp3) is 0.115. The van der Waals surface area contributed by atoms with Crippen molar-refractivity contribution in [3.05, 3.63) is 117 Å². The van der Waals surface area contributed by atoms with Crippen LogP contribution in [0.25, 0.3) is 5.69 Å². The van der Waals surface area contributed by atoms with E-state index >= 15 is 0 Å². The minimum absolute atomic E-state index is 0.105. The van der Waals surface area contributed by atoms with Gasteiger partial charge >= 0.3 is 0 Å². The number of nitrogens with one attached hydrogen (secondary N) is 1. The first kappa shape index (κ1) is 27.0. The number of non-ortho nitro benzene ring substituents is 1. The molecule has 0 unspecified atom stereocenters. The fourth-order valence-corrected chi connectivity index (χ4v) is 5.40. The predicted molar refractivity (Wildman–Crippen MR) is 146 cm³/mol. The average Bonchev–Trinajstić information content (AvgIpc) is 3.15. The van der Waals surface area contributed by atoms with Crippen LogP contribution < -0.4 is 15.3 Å². The van der Waals surface area contributed by atoms with Crippen molar-refractivity contribution in [1.29, 1.82) is 0 Å². The monoisotopic (exact) mass is 548 g/mol. The van der Waals surface area contributed by atoms with Crippen LogP contribution in [-0.2, 0) is 21.9 Å². The molecule has 1 heterocycles. The van der Waals surface area contributed by atoms with Gasteiger partial charge in [0.1, 0.15) is 12.2 Å². The number of benzene rings is 3. The first-order valence-corrected chi connectivity index (χ1v) is 13.0. The van der Waals surface area contributed by atoms with Crippen molar-refractivity contribution in [2.45, 2.75) is 11.8 Å². The molecule has 4 rings (SSSR count). The van der Waals surface area contributed by atoms with Crippen LogP contribution in [0.5, 0.6) is 0 Å². The molecule has 39 heavy (non-hydrogen) atoms. The summed E-state index contributed by atoms with van der Waals surface area (Å²) in [6.07, 6.45) is 1.19. The van der Waals surface area contributed by atoms with Gasteiger partial charge in [0.05, 0.1) is 27.4 Å². The van der Waals surface area contributed by atoms with Crippen molar-refractivity contribution in [3.63, 3.8) is 0 Å². The zero-order chi connectivity index (χ0) is 28.2. The van der Waals surface area contributed by atoms with Gasteiger partial charge in [-0.05, 0) is 31.2 Å². The smallest absolute Gasteiger partial charge is 0.283 e. The SMILES string of the molecule is Cc1c(N(CC(=O)N/N=C\c2cccc([N+](=O)[O-])c2)S(=O)(=O)c2ccccc2)c(=O)n(-c2ccccc2)n1C. The van der Waals surface area contributed by atoms with Gasteiger partial charge < -0.3 is 0 Å². The molecule has 1 N–H and O–H groups in total. The van der Waals surface area contributed by atoms with E-state index in [9.17, 15) is 28.1 Å². The molecule has 0 spiro atoms. The van der Waals surface area contributed by atoms with Crippen LogP contribution in [0.15, 0.2) is 99.7 Å². The number of nitro groups is 1. The lowest BCUT2D eigenvalue weighted by Crippen LogP contribution is -2.42. The Morgan fingerprint density at radius 3 is 2.33 bits per heavy atom. The standard InChI is InChI=1S/C26H24N6O6S/c1-19-25(26(34)31(29(19)2)21-11-5-3-6-12-21)30(39(37,38)23-14-7-4-8-15-23)18-24(33)28-27-17-20-10-9-13-22(16-20)32(35)36/h3-17H,18H2,1-2H3,(H,28,33)/b27-17-. The van der Waals surface area contributed by atoms with Gasteiger partial charge in [0.25, 0.3) is 27.2 Å². The van der Waals surface area contributed by atoms with Gasteiger partial charge in [-0.3, -0.25) is 24.4 Å². The van der Waals surface area contributed by atoms with E-state index in [0.717, 1.165) is 4.31 Å². The van der Waals surface area contributed by atoms with E-state index in [1.807, 2.05) is 0 Å². The fourth-order valence-electron chi connectivity index (χ4n) is 3.91. The second-order valence-electron chi connectivity index (χ2n) is 8.38. The number of nitrogens with zero attached hydrogens (tertiary/aromatic N) is 5. The number of amides is 1. The number of para-hydroxylation sites is 1. The second-order valence-corrected chi connectivity index (χ2v) is 10.2. The van der Waals surface area contributed by atoms with Crippen molar-refractivity contribution in [3.8, 4) is 5.69 Å². The predicted octanol–water partition coefficient (Wildman–Crippen LogP) is 2.74. The van der Waals surface area contributed by atoms with Crippen molar-refractivity contribution in [2.24, 2.45) is 12.1 Å². The van der Waals surface area contributed by atoms with Crippen LogP contribution in [-0.4, -0.2) is 41.4 Å². The molecule has 0 aliphatic heterocycles. The molecule has 0 fully saturated rings. The largest absolute Gasteiger partial charge is 0.296 e. The molecule has 0 aliphatic carbocycles. The van der Waals surface area contributed by atoms with Crippen LogP contribution >= 0.6 is 0 Å². The number of hydrazone groups is 1. The minimum Gasteiger partial charge on any atom is -0.283 e. The Balaban J connectivity index is 1.71. The minimum atomic E-state index is -4.35. The molecule has 1 amide bonds. The third-order valence-corrected chi connectivity index (χ3v) is 7.64. The van der Waals surface area contributed by atoms with Crippen molar-refractivity contribution in [1.82, 2.24) is 14.8 Å². The Morgan fingerprint density at radius 1 is 1.05 bits per heavy atom. The molecule has 13 heteroatoms. The first-order chi connectivity index (χ1) is 18.6. The number of sulfonamides is 1. The zero-order valence-corrected chi connectivity index (χ0v) is 21.8. The molecule has 3 aromatic carbocycles. The van der Waals surface area contributed by atoms with E-state index in [0.29, 0.717) is 16.9 Å². The van der Waals surface area contributed by atoms with E-state index < -0.39 is 33.0 Å². The molecule has 12 nitrogen and oxygen atoms in total. The van der Waals surface area contributed by atoms with Crippen LogP contribution in [0.1, 0.15) is 11.3 Å². The molecule has 0 saturated carbocycles. The van der Waals surface area contributed by atoms with Crippen LogP contribution in [0.4, 0.5) is 11.4 Å². The summed E-state index contributed by atoms with van der Waals surface area (Å²) in [6, 6.07) is 21.7. The number of anilines is 1. The van der Waals surface area contributed by atoms with E-state index in [2.05, 4.69) is 10.5 Å². The summed E-state index contributed by atoms with van der Waals surface area (Å²) < 4.78 is 31.0. The summed E-state index contributed by atoms with van der Waals surface area (Å²) >= 11 is 0. The molecule has 200 valence electrons. The molecule has 0 radical (unpaired) electrons. The highest BCUT2D eigenvalue weighted by Gasteiger charge is 2.33. The number of carbonyl (C=O) groups is 1. The number of hydrogen-bond acceptors (Lipinski definition) is 7. The summed E-state index contributed by atoms with van der Waals surface area (Å²) in [5.41, 5.74) is 2.44. The lowest BCUT2D eigenvalue weighted by atomic mass is 10.2. The first-order valence-electron chi connectivity index (χ1n) is 11.6. The summed E-state index contributed by atoms with van der Waals surface area (Å²) in [5, 5.41) is 14.8. The van der Waals surface area contributed by atoms with E-state index in [4.69, 9.17) is 0 Å². The Kier molecular flexibility index (Phi) is 7.72. The van der Waals surface area contributed by atoms with Gasteiger partial charge in [-0.25, -0.2) is 22.8 Å². The van der Waals surface area contributed by atoms with Crippen LogP contribution in [0, 0.1) is 17.0 Å². The average molecular weight is 549 g/mol. The maximum atomic E-state index is 13.7. The van der Waals surface area contributed by atoms with Crippen LogP contribution in [0.3, 0.4) is 0 Å². The maximum absolute atomic E-state index is 13.7. The lowest BCUT2D eigenvalue weighted by Gasteiger charge is -2.22. The Morgan fingerprint density at radius 2 is 1.69 bits per heavy atom. The maximum Gasteiger partial charge on any atom is 0.296 e. The van der Waals surface area contributed by atoms with E-state index in [1.165, 1.54) is 58.0 Å². The molecular formula is C26H24N6O6S. The van der Waals surface area contributed by atoms with Crippen LogP contribution in [0.2, 0.25) is 0 Å². The molecule has 0 atom stereocenters. The molecule has 1 aromatic heterocycles. The number of rotatable bonds is 9. The van der Waals surface area contributed by atoms with Gasteiger partial charge in [-0.15, -0.1) is 0 Å². The summed E-state index contributed by atoms with van der Waals surface area (Å²) in [5.74, 6) is -0.829. The molecule has 0 bridgehead atoms. The number of aromatic nitrogens is 2. The third kappa shape index (κ3) is 5.62. The summed E-state index contributed by atoms with van der Waals surface area (Å²) in [4.78, 5) is 36.8. The normalized spacial score (nSPS) is 11.4. The molecule has 4 aromatic rings. The van der Waals surface area contributed by atoms with Gasteiger partial charge in [0.15, 0.2) is 0 Å². The highest BCUT2D eigenvalue weighted by Crippen LogP contribution is 2.25. The number of hydrogen-bond donors (Lipinski definition) is 1. The number of nitro benzene ring substituents is 1. The Hall–Kier alpha value is -5.04. The van der Waals surface area contributed by atoms with Crippen molar-refractivity contribution < 1.29 is 18.1 Å². The molecular weight excluding hydrogens is 524 g/mol. The topological polar surface area (TPSA) is 149 Å². The quantitative estimate of drug-likeness (QED) is 0.193. The lowest BCUT2D eigenvalue weighted by molar-refractivity contribution is -0.384. The third-order valence-electron chi connectivity index (χ3n) is 5.88. The van der Waals surface area contributed by atoms with Gasteiger partial charge in [0.2, 0.25) is 0 Å².